The van der Waals surface area contributed by atoms with Gasteiger partial charge in [0.05, 0.1) is 0 Å². The Kier molecular flexibility index (Phi) is 2.18. The summed E-state index contributed by atoms with van der Waals surface area (Å²) < 4.78 is 0. The number of rotatable bonds is 0. The third kappa shape index (κ3) is 1.32. The van der Waals surface area contributed by atoms with Crippen molar-refractivity contribution in [2.45, 2.75) is 51.6 Å². The van der Waals surface area contributed by atoms with Crippen LogP contribution in [0.2, 0.25) is 0 Å². The number of fused-ring (bicyclic) bond motifs is 1. The molecule has 2 rings (SSSR count). The molecule has 0 aromatic rings. The largest absolute Gasteiger partial charge is 0.385 e. The van der Waals surface area contributed by atoms with Gasteiger partial charge in [-0.3, -0.25) is 4.79 Å². The maximum atomic E-state index is 11.8. The average molecular weight is 182 g/mol. The maximum absolute atomic E-state index is 11.8. The zero-order valence-corrected chi connectivity index (χ0v) is 8.25. The van der Waals surface area contributed by atoms with Gasteiger partial charge >= 0.3 is 0 Å². The lowest BCUT2D eigenvalue weighted by molar-refractivity contribution is -0.147. The highest BCUT2D eigenvalue weighted by Gasteiger charge is 2.47. The molecule has 2 nitrogen and oxygen atoms in total. The van der Waals surface area contributed by atoms with Crippen LogP contribution >= 0.6 is 0 Å². The Bertz CT molecular complexity index is 224. The van der Waals surface area contributed by atoms with Crippen LogP contribution in [0, 0.1) is 11.3 Å². The molecule has 0 heterocycles. The van der Waals surface area contributed by atoms with Crippen molar-refractivity contribution in [2.75, 3.05) is 0 Å². The first-order chi connectivity index (χ1) is 6.14. The van der Waals surface area contributed by atoms with Gasteiger partial charge in [-0.2, -0.15) is 0 Å². The lowest BCUT2D eigenvalue weighted by Crippen LogP contribution is -2.48. The number of ketones is 1. The standard InChI is InChI=1S/C11H18O2/c1-11-7-3-2-4-8(11)5-6-9(12)10(11)13/h8-9,12H,2-7H2,1H3. The Labute approximate surface area is 79.3 Å². The summed E-state index contributed by atoms with van der Waals surface area (Å²) >= 11 is 0. The Morgan fingerprint density at radius 2 is 2.08 bits per heavy atom. The van der Waals surface area contributed by atoms with Crippen LogP contribution in [-0.2, 0) is 4.79 Å². The molecule has 3 atom stereocenters. The summed E-state index contributed by atoms with van der Waals surface area (Å²) in [6.45, 7) is 2.06. The van der Waals surface area contributed by atoms with E-state index in [0.29, 0.717) is 12.3 Å². The van der Waals surface area contributed by atoms with Gasteiger partial charge in [-0.1, -0.05) is 19.8 Å². The summed E-state index contributed by atoms with van der Waals surface area (Å²) in [5.41, 5.74) is -0.185. The van der Waals surface area contributed by atoms with Crippen LogP contribution in [0.15, 0.2) is 0 Å². The van der Waals surface area contributed by atoms with Crippen molar-refractivity contribution < 1.29 is 9.90 Å². The molecule has 3 unspecified atom stereocenters. The predicted molar refractivity (Wildman–Crippen MR) is 50.3 cm³/mol. The normalized spacial score (nSPS) is 45.8. The van der Waals surface area contributed by atoms with Gasteiger partial charge < -0.3 is 5.11 Å². The molecular weight excluding hydrogens is 164 g/mol. The van der Waals surface area contributed by atoms with E-state index >= 15 is 0 Å². The Morgan fingerprint density at radius 1 is 1.31 bits per heavy atom. The van der Waals surface area contributed by atoms with Crippen LogP contribution in [0.5, 0.6) is 0 Å². The number of hydrogen-bond acceptors (Lipinski definition) is 2. The van der Waals surface area contributed by atoms with Crippen LogP contribution in [0.3, 0.4) is 0 Å². The van der Waals surface area contributed by atoms with Crippen molar-refractivity contribution in [2.24, 2.45) is 11.3 Å². The Balaban J connectivity index is 2.22. The van der Waals surface area contributed by atoms with Gasteiger partial charge in [0.25, 0.3) is 0 Å². The highest BCUT2D eigenvalue weighted by molar-refractivity contribution is 5.89. The molecule has 0 radical (unpaired) electrons. The van der Waals surface area contributed by atoms with Gasteiger partial charge in [0.15, 0.2) is 5.78 Å². The van der Waals surface area contributed by atoms with Gasteiger partial charge in [-0.15, -0.1) is 0 Å². The third-order valence-corrected chi connectivity index (χ3v) is 4.05. The van der Waals surface area contributed by atoms with Crippen molar-refractivity contribution in [1.29, 1.82) is 0 Å². The molecule has 0 saturated heterocycles. The molecule has 13 heavy (non-hydrogen) atoms. The summed E-state index contributed by atoms with van der Waals surface area (Å²) in [7, 11) is 0. The van der Waals surface area contributed by atoms with Gasteiger partial charge in [-0.25, -0.2) is 0 Å². The molecule has 0 aromatic heterocycles. The van der Waals surface area contributed by atoms with E-state index in [4.69, 9.17) is 0 Å². The van der Waals surface area contributed by atoms with E-state index in [-0.39, 0.29) is 11.2 Å². The van der Waals surface area contributed by atoms with Crippen LogP contribution in [0.4, 0.5) is 0 Å². The minimum absolute atomic E-state index is 0.114. The molecule has 2 fully saturated rings. The monoisotopic (exact) mass is 182 g/mol. The number of aliphatic hydroxyl groups excluding tert-OH is 1. The molecule has 2 heteroatoms. The van der Waals surface area contributed by atoms with Gasteiger partial charge in [0, 0.05) is 5.41 Å². The maximum Gasteiger partial charge on any atom is 0.167 e. The molecule has 1 N–H and O–H groups in total. The summed E-state index contributed by atoms with van der Waals surface area (Å²) in [4.78, 5) is 11.8. The first-order valence-electron chi connectivity index (χ1n) is 5.37. The second kappa shape index (κ2) is 3.09. The number of carbonyl (C=O) groups excluding carboxylic acids is 1. The first-order valence-corrected chi connectivity index (χ1v) is 5.37. The zero-order valence-electron chi connectivity index (χ0n) is 8.25. The second-order valence-electron chi connectivity index (χ2n) is 4.82. The molecule has 74 valence electrons. The molecule has 0 bridgehead atoms. The molecule has 0 aliphatic heterocycles. The molecule has 2 aliphatic rings. The Hall–Kier alpha value is -0.370. The fraction of sp³-hybridized carbons (Fsp3) is 0.909. The second-order valence-corrected chi connectivity index (χ2v) is 4.82. The van der Waals surface area contributed by atoms with E-state index in [1.54, 1.807) is 0 Å². The van der Waals surface area contributed by atoms with Crippen LogP contribution in [0.1, 0.15) is 45.4 Å². The van der Waals surface area contributed by atoms with Crippen LogP contribution in [0.25, 0.3) is 0 Å². The molecule has 0 spiro atoms. The molecule has 0 amide bonds. The number of aliphatic hydroxyl groups is 1. The van der Waals surface area contributed by atoms with Crippen molar-refractivity contribution in [1.82, 2.24) is 0 Å². The number of hydrogen-bond donors (Lipinski definition) is 1. The lowest BCUT2D eigenvalue weighted by Gasteiger charge is -2.45. The van der Waals surface area contributed by atoms with Crippen molar-refractivity contribution in [3.63, 3.8) is 0 Å². The quantitative estimate of drug-likeness (QED) is 0.621. The summed E-state index contributed by atoms with van der Waals surface area (Å²) in [6, 6.07) is 0. The fourth-order valence-electron chi connectivity index (χ4n) is 3.06. The van der Waals surface area contributed by atoms with E-state index in [2.05, 4.69) is 6.92 Å². The number of carbonyl (C=O) groups is 1. The summed E-state index contributed by atoms with van der Waals surface area (Å²) in [5, 5.41) is 9.53. The third-order valence-electron chi connectivity index (χ3n) is 4.05. The molecule has 2 aliphatic carbocycles. The zero-order chi connectivity index (χ0) is 9.47. The van der Waals surface area contributed by atoms with Crippen LogP contribution < -0.4 is 0 Å². The van der Waals surface area contributed by atoms with Crippen molar-refractivity contribution >= 4 is 5.78 Å². The van der Waals surface area contributed by atoms with E-state index in [1.807, 2.05) is 0 Å². The average Bonchev–Trinajstić information content (AvgIpc) is 2.13. The highest BCUT2D eigenvalue weighted by atomic mass is 16.3. The van der Waals surface area contributed by atoms with E-state index in [9.17, 15) is 9.90 Å². The minimum atomic E-state index is -0.667. The van der Waals surface area contributed by atoms with Crippen LogP contribution in [-0.4, -0.2) is 17.0 Å². The highest BCUT2D eigenvalue weighted by Crippen LogP contribution is 2.47. The minimum Gasteiger partial charge on any atom is -0.385 e. The number of Topliss-reactive ketones (excluding diaryl/α,β-unsaturated/α-hetero) is 1. The molecule has 0 aromatic carbocycles. The molecular formula is C11H18O2. The summed E-state index contributed by atoms with van der Waals surface area (Å²) in [6.07, 6.45) is 5.68. The lowest BCUT2D eigenvalue weighted by atomic mass is 9.59. The topological polar surface area (TPSA) is 37.3 Å². The van der Waals surface area contributed by atoms with Crippen molar-refractivity contribution in [3.05, 3.63) is 0 Å². The van der Waals surface area contributed by atoms with E-state index < -0.39 is 6.10 Å². The van der Waals surface area contributed by atoms with E-state index in [0.717, 1.165) is 19.3 Å². The van der Waals surface area contributed by atoms with Crippen molar-refractivity contribution in [3.8, 4) is 0 Å². The van der Waals surface area contributed by atoms with E-state index in [1.165, 1.54) is 12.8 Å². The van der Waals surface area contributed by atoms with Gasteiger partial charge in [0.1, 0.15) is 6.10 Å². The first kappa shape index (κ1) is 9.20. The molecule has 2 saturated carbocycles. The Morgan fingerprint density at radius 3 is 2.85 bits per heavy atom. The smallest absolute Gasteiger partial charge is 0.167 e. The SMILES string of the molecule is CC12CCCCC1CCC(O)C2=O. The predicted octanol–water partition coefficient (Wildman–Crippen LogP) is 1.91. The van der Waals surface area contributed by atoms with Gasteiger partial charge in [-0.05, 0) is 31.6 Å². The fourth-order valence-corrected chi connectivity index (χ4v) is 3.06. The van der Waals surface area contributed by atoms with Gasteiger partial charge in [0.2, 0.25) is 0 Å². The summed E-state index contributed by atoms with van der Waals surface area (Å²) in [5.74, 6) is 0.667.